The summed E-state index contributed by atoms with van der Waals surface area (Å²) in [6.45, 7) is 0. The smallest absolute Gasteiger partial charge is 0.237 e. The zero-order valence-electron chi connectivity index (χ0n) is 12.2. The second-order valence-electron chi connectivity index (χ2n) is 4.65. The van der Waals surface area contributed by atoms with Crippen LogP contribution in [0.25, 0.3) is 6.08 Å². The first-order valence-electron chi connectivity index (χ1n) is 6.98. The number of allylic oxidation sites excluding steroid dienone is 1. The van der Waals surface area contributed by atoms with E-state index >= 15 is 0 Å². The van der Waals surface area contributed by atoms with Crippen molar-refractivity contribution >= 4 is 11.9 Å². The largest absolute Gasteiger partial charge is 0.438 e. The zero-order valence-corrected chi connectivity index (χ0v) is 12.2. The van der Waals surface area contributed by atoms with Crippen molar-refractivity contribution in [3.05, 3.63) is 84.6 Å². The minimum atomic E-state index is -0.0852. The first-order chi connectivity index (χ1) is 11.3. The number of rotatable bonds is 5. The summed E-state index contributed by atoms with van der Waals surface area (Å²) in [5.74, 6) is 1.00. The number of ketones is 1. The molecule has 0 saturated carbocycles. The minimum absolute atomic E-state index is 0.0852. The molecule has 0 spiro atoms. The Labute approximate surface area is 133 Å². The van der Waals surface area contributed by atoms with Gasteiger partial charge in [-0.3, -0.25) is 14.8 Å². The van der Waals surface area contributed by atoms with E-state index in [-0.39, 0.29) is 5.78 Å². The second-order valence-corrected chi connectivity index (χ2v) is 4.65. The Morgan fingerprint density at radius 2 is 1.78 bits per heavy atom. The molecule has 3 aromatic rings. The van der Waals surface area contributed by atoms with Gasteiger partial charge in [0, 0.05) is 30.4 Å². The number of pyridine rings is 1. The summed E-state index contributed by atoms with van der Waals surface area (Å²) in [6, 6.07) is 10.8. The first kappa shape index (κ1) is 14.6. The Kier molecular flexibility index (Phi) is 4.49. The average molecular weight is 303 g/mol. The van der Waals surface area contributed by atoms with Gasteiger partial charge in [-0.1, -0.05) is 18.2 Å². The average Bonchev–Trinajstić information content (AvgIpc) is 2.62. The minimum Gasteiger partial charge on any atom is -0.438 e. The fraction of sp³-hybridized carbons (Fsp3) is 0. The number of carbonyl (C=O) groups excluding carboxylic acids is 1. The normalized spacial score (nSPS) is 10.6. The van der Waals surface area contributed by atoms with E-state index in [0.717, 1.165) is 5.56 Å². The summed E-state index contributed by atoms with van der Waals surface area (Å²) in [5.41, 5.74) is 1.46. The fourth-order valence-corrected chi connectivity index (χ4v) is 1.88. The standard InChI is InChI=1S/C18H13N3O2/c22-17(15-2-1-9-19-12-15)8-5-14-3-6-16(7-4-14)23-18-13-20-10-11-21-18/h1-13H. The molecular formula is C18H13N3O2. The molecule has 112 valence electrons. The number of hydrogen-bond acceptors (Lipinski definition) is 5. The van der Waals surface area contributed by atoms with Crippen LogP contribution in [0.15, 0.2) is 73.5 Å². The highest BCUT2D eigenvalue weighted by Crippen LogP contribution is 2.19. The lowest BCUT2D eigenvalue weighted by Crippen LogP contribution is -1.94. The summed E-state index contributed by atoms with van der Waals surface area (Å²) in [6.07, 6.45) is 11.1. The Hall–Kier alpha value is -3.34. The van der Waals surface area contributed by atoms with Crippen LogP contribution < -0.4 is 4.74 Å². The summed E-state index contributed by atoms with van der Waals surface area (Å²) >= 11 is 0. The van der Waals surface area contributed by atoms with Gasteiger partial charge in [-0.05, 0) is 35.9 Å². The molecule has 5 nitrogen and oxygen atoms in total. The zero-order chi connectivity index (χ0) is 15.9. The molecule has 0 fully saturated rings. The molecule has 23 heavy (non-hydrogen) atoms. The Bertz CT molecular complexity index is 801. The third kappa shape index (κ3) is 4.07. The van der Waals surface area contributed by atoms with Gasteiger partial charge in [-0.15, -0.1) is 0 Å². The molecule has 0 atom stereocenters. The van der Waals surface area contributed by atoms with E-state index < -0.39 is 0 Å². The number of benzene rings is 1. The first-order valence-corrected chi connectivity index (χ1v) is 6.98. The van der Waals surface area contributed by atoms with E-state index in [1.165, 1.54) is 6.08 Å². The van der Waals surface area contributed by atoms with Crippen molar-refractivity contribution in [2.75, 3.05) is 0 Å². The molecule has 0 bridgehead atoms. The van der Waals surface area contributed by atoms with Gasteiger partial charge >= 0.3 is 0 Å². The van der Waals surface area contributed by atoms with Crippen LogP contribution in [0, 0.1) is 0 Å². The number of carbonyl (C=O) groups is 1. The second kappa shape index (κ2) is 7.09. The van der Waals surface area contributed by atoms with Crippen molar-refractivity contribution in [3.8, 4) is 11.6 Å². The molecular weight excluding hydrogens is 290 g/mol. The quantitative estimate of drug-likeness (QED) is 0.532. The Morgan fingerprint density at radius 1 is 0.957 bits per heavy atom. The van der Waals surface area contributed by atoms with Gasteiger partial charge < -0.3 is 4.74 Å². The number of aromatic nitrogens is 3. The molecule has 0 saturated heterocycles. The van der Waals surface area contributed by atoms with Crippen LogP contribution in [0.5, 0.6) is 11.6 Å². The predicted octanol–water partition coefficient (Wildman–Crippen LogP) is 3.56. The highest BCUT2D eigenvalue weighted by molar-refractivity contribution is 6.06. The van der Waals surface area contributed by atoms with E-state index in [2.05, 4.69) is 15.0 Å². The van der Waals surface area contributed by atoms with Crippen molar-refractivity contribution in [2.24, 2.45) is 0 Å². The van der Waals surface area contributed by atoms with Crippen LogP contribution in [0.2, 0.25) is 0 Å². The van der Waals surface area contributed by atoms with E-state index in [1.54, 1.807) is 49.2 Å². The van der Waals surface area contributed by atoms with Gasteiger partial charge in [0.25, 0.3) is 0 Å². The maximum Gasteiger partial charge on any atom is 0.237 e. The molecule has 0 aliphatic rings. The van der Waals surface area contributed by atoms with Crippen LogP contribution in [-0.4, -0.2) is 20.7 Å². The molecule has 0 radical (unpaired) electrons. The van der Waals surface area contributed by atoms with E-state index in [9.17, 15) is 4.79 Å². The van der Waals surface area contributed by atoms with Crippen LogP contribution in [0.4, 0.5) is 0 Å². The van der Waals surface area contributed by atoms with E-state index in [1.807, 2.05) is 24.3 Å². The highest BCUT2D eigenvalue weighted by Gasteiger charge is 2.01. The van der Waals surface area contributed by atoms with Crippen molar-refractivity contribution in [2.45, 2.75) is 0 Å². The summed E-state index contributed by atoms with van der Waals surface area (Å²) in [4.78, 5) is 23.9. The lowest BCUT2D eigenvalue weighted by Gasteiger charge is -2.03. The number of hydrogen-bond donors (Lipinski definition) is 0. The SMILES string of the molecule is O=C(C=Cc1ccc(Oc2cnccn2)cc1)c1cccnc1. The van der Waals surface area contributed by atoms with Crippen LogP contribution in [0.3, 0.4) is 0 Å². The molecule has 0 aliphatic carbocycles. The lowest BCUT2D eigenvalue weighted by atomic mass is 10.1. The number of nitrogens with zero attached hydrogens (tertiary/aromatic N) is 3. The Morgan fingerprint density at radius 3 is 2.48 bits per heavy atom. The Balaban J connectivity index is 1.65. The van der Waals surface area contributed by atoms with Gasteiger partial charge in [0.05, 0.1) is 6.20 Å². The predicted molar refractivity (Wildman–Crippen MR) is 86.1 cm³/mol. The van der Waals surface area contributed by atoms with Gasteiger partial charge in [0.15, 0.2) is 5.78 Å². The maximum absolute atomic E-state index is 12.0. The third-order valence-corrected chi connectivity index (χ3v) is 3.02. The third-order valence-electron chi connectivity index (χ3n) is 3.02. The molecule has 0 amide bonds. The molecule has 5 heteroatoms. The van der Waals surface area contributed by atoms with Gasteiger partial charge in [-0.25, -0.2) is 4.98 Å². The van der Waals surface area contributed by atoms with Crippen molar-refractivity contribution < 1.29 is 9.53 Å². The van der Waals surface area contributed by atoms with Crippen molar-refractivity contribution in [1.82, 2.24) is 15.0 Å². The summed E-state index contributed by atoms with van der Waals surface area (Å²) in [7, 11) is 0. The van der Waals surface area contributed by atoms with Gasteiger partial charge in [0.2, 0.25) is 5.88 Å². The summed E-state index contributed by atoms with van der Waals surface area (Å²) in [5, 5.41) is 0. The van der Waals surface area contributed by atoms with Crippen LogP contribution >= 0.6 is 0 Å². The van der Waals surface area contributed by atoms with Crippen molar-refractivity contribution in [3.63, 3.8) is 0 Å². The fourth-order valence-electron chi connectivity index (χ4n) is 1.88. The number of ether oxygens (including phenoxy) is 1. The molecule has 0 aliphatic heterocycles. The lowest BCUT2D eigenvalue weighted by molar-refractivity contribution is 0.104. The molecule has 3 rings (SSSR count). The topological polar surface area (TPSA) is 65.0 Å². The molecule has 0 N–H and O–H groups in total. The molecule has 0 unspecified atom stereocenters. The van der Waals surface area contributed by atoms with Crippen LogP contribution in [-0.2, 0) is 0 Å². The van der Waals surface area contributed by atoms with Gasteiger partial charge in [0.1, 0.15) is 5.75 Å². The monoisotopic (exact) mass is 303 g/mol. The molecule has 2 aromatic heterocycles. The highest BCUT2D eigenvalue weighted by atomic mass is 16.5. The molecule has 2 heterocycles. The summed E-state index contributed by atoms with van der Waals surface area (Å²) < 4.78 is 5.56. The maximum atomic E-state index is 12.0. The van der Waals surface area contributed by atoms with Crippen LogP contribution in [0.1, 0.15) is 15.9 Å². The van der Waals surface area contributed by atoms with E-state index in [4.69, 9.17) is 4.74 Å². The van der Waals surface area contributed by atoms with Gasteiger partial charge in [-0.2, -0.15) is 0 Å². The molecule has 1 aromatic carbocycles. The van der Waals surface area contributed by atoms with Crippen molar-refractivity contribution in [1.29, 1.82) is 0 Å². The van der Waals surface area contributed by atoms with E-state index in [0.29, 0.717) is 17.2 Å².